The van der Waals surface area contributed by atoms with Crippen molar-refractivity contribution in [3.63, 3.8) is 0 Å². The molecule has 88 valence electrons. The Morgan fingerprint density at radius 2 is 1.88 bits per heavy atom. The summed E-state index contributed by atoms with van der Waals surface area (Å²) in [6, 6.07) is 9.58. The molecule has 16 heavy (non-hydrogen) atoms. The van der Waals surface area contributed by atoms with Gasteiger partial charge in [0.1, 0.15) is 0 Å². The third kappa shape index (κ3) is 2.85. The van der Waals surface area contributed by atoms with E-state index in [2.05, 4.69) is 43.4 Å². The maximum absolute atomic E-state index is 3.59. The van der Waals surface area contributed by atoms with Crippen LogP contribution in [0.15, 0.2) is 24.3 Å². The molecule has 1 nitrogen and oxygen atoms in total. The second-order valence-electron chi connectivity index (χ2n) is 5.10. The first-order valence-corrected chi connectivity index (χ1v) is 6.59. The maximum Gasteiger partial charge on any atom is 0.00361 e. The van der Waals surface area contributed by atoms with Crippen molar-refractivity contribution in [2.45, 2.75) is 45.6 Å². The van der Waals surface area contributed by atoms with Gasteiger partial charge in [0, 0.05) is 6.04 Å². The molecule has 0 spiro atoms. The zero-order chi connectivity index (χ0) is 11.4. The second-order valence-corrected chi connectivity index (χ2v) is 5.10. The van der Waals surface area contributed by atoms with Gasteiger partial charge in [0.25, 0.3) is 0 Å². The fourth-order valence-electron chi connectivity index (χ4n) is 2.53. The number of fused-ring (bicyclic) bond motifs is 1. The predicted molar refractivity (Wildman–Crippen MR) is 69.7 cm³/mol. The first-order chi connectivity index (χ1) is 7.79. The molecule has 2 rings (SSSR count). The molecule has 1 atom stereocenters. The minimum atomic E-state index is 0.670. The van der Waals surface area contributed by atoms with Crippen LogP contribution in [0.25, 0.3) is 0 Å². The molecule has 0 saturated carbocycles. The van der Waals surface area contributed by atoms with Crippen molar-refractivity contribution in [3.8, 4) is 0 Å². The Morgan fingerprint density at radius 3 is 2.44 bits per heavy atom. The highest BCUT2D eigenvalue weighted by atomic mass is 14.9. The quantitative estimate of drug-likeness (QED) is 0.798. The summed E-state index contributed by atoms with van der Waals surface area (Å²) < 4.78 is 0. The molecule has 0 saturated heterocycles. The van der Waals surface area contributed by atoms with Gasteiger partial charge in [-0.25, -0.2) is 0 Å². The summed E-state index contributed by atoms with van der Waals surface area (Å²) in [6.07, 6.45) is 5.13. The summed E-state index contributed by atoms with van der Waals surface area (Å²) in [5.74, 6) is 0.869. The van der Waals surface area contributed by atoms with Crippen molar-refractivity contribution in [1.82, 2.24) is 5.32 Å². The minimum absolute atomic E-state index is 0.670. The molecule has 1 unspecified atom stereocenters. The topological polar surface area (TPSA) is 12.0 Å². The fourth-order valence-corrected chi connectivity index (χ4v) is 2.53. The van der Waals surface area contributed by atoms with Crippen molar-refractivity contribution in [2.75, 3.05) is 6.54 Å². The molecule has 0 fully saturated rings. The van der Waals surface area contributed by atoms with Crippen molar-refractivity contribution in [2.24, 2.45) is 5.92 Å². The molecule has 1 heteroatoms. The summed E-state index contributed by atoms with van der Waals surface area (Å²) in [4.78, 5) is 0. The van der Waals surface area contributed by atoms with Gasteiger partial charge in [0.05, 0.1) is 0 Å². The van der Waals surface area contributed by atoms with Crippen LogP contribution >= 0.6 is 0 Å². The van der Waals surface area contributed by atoms with Gasteiger partial charge >= 0.3 is 0 Å². The van der Waals surface area contributed by atoms with E-state index < -0.39 is 0 Å². The summed E-state index contributed by atoms with van der Waals surface area (Å²) in [7, 11) is 0. The van der Waals surface area contributed by atoms with E-state index in [0.717, 1.165) is 5.92 Å². The second kappa shape index (κ2) is 5.49. The lowest BCUT2D eigenvalue weighted by Crippen LogP contribution is -2.27. The Balaban J connectivity index is 1.75. The average molecular weight is 217 g/mol. The largest absolute Gasteiger partial charge is 0.314 e. The number of hydrogen-bond donors (Lipinski definition) is 1. The van der Waals surface area contributed by atoms with Crippen molar-refractivity contribution in [3.05, 3.63) is 35.4 Å². The highest BCUT2D eigenvalue weighted by molar-refractivity contribution is 5.31. The van der Waals surface area contributed by atoms with E-state index in [1.807, 2.05) is 0 Å². The number of benzene rings is 1. The molecule has 1 aromatic carbocycles. The van der Waals surface area contributed by atoms with Gasteiger partial charge in [0.15, 0.2) is 0 Å². The van der Waals surface area contributed by atoms with Crippen LogP contribution < -0.4 is 5.32 Å². The average Bonchev–Trinajstić information content (AvgIpc) is 2.71. The molecular weight excluding hydrogens is 194 g/mol. The standard InChI is InChI=1S/C15H23N/c1-3-12(2)16-9-8-13-10-14-6-4-5-7-15(14)11-13/h4-7,12-13,16H,3,8-11H2,1-2H3. The first-order valence-electron chi connectivity index (χ1n) is 6.59. The Labute approximate surface area is 99.3 Å². The minimum Gasteiger partial charge on any atom is -0.314 e. The van der Waals surface area contributed by atoms with E-state index >= 15 is 0 Å². The van der Waals surface area contributed by atoms with Crippen LogP contribution in [-0.4, -0.2) is 12.6 Å². The molecular formula is C15H23N. The fraction of sp³-hybridized carbons (Fsp3) is 0.600. The molecule has 1 aliphatic carbocycles. The first kappa shape index (κ1) is 11.7. The van der Waals surface area contributed by atoms with Crippen LogP contribution in [0.5, 0.6) is 0 Å². The lowest BCUT2D eigenvalue weighted by atomic mass is 10.0. The van der Waals surface area contributed by atoms with E-state index in [-0.39, 0.29) is 0 Å². The SMILES string of the molecule is CCC(C)NCCC1Cc2ccccc2C1. The van der Waals surface area contributed by atoms with Crippen LogP contribution in [0.4, 0.5) is 0 Å². The van der Waals surface area contributed by atoms with Gasteiger partial charge in [-0.05, 0) is 56.2 Å². The Hall–Kier alpha value is -0.820. The number of hydrogen-bond acceptors (Lipinski definition) is 1. The molecule has 0 aromatic heterocycles. The van der Waals surface area contributed by atoms with Crippen LogP contribution in [0.3, 0.4) is 0 Å². The maximum atomic E-state index is 3.59. The molecule has 0 heterocycles. The van der Waals surface area contributed by atoms with Crippen molar-refractivity contribution >= 4 is 0 Å². The van der Waals surface area contributed by atoms with Crippen molar-refractivity contribution in [1.29, 1.82) is 0 Å². The molecule has 1 N–H and O–H groups in total. The molecule has 1 aliphatic rings. The zero-order valence-corrected chi connectivity index (χ0v) is 10.5. The van der Waals surface area contributed by atoms with Crippen LogP contribution in [-0.2, 0) is 12.8 Å². The number of nitrogens with one attached hydrogen (secondary N) is 1. The zero-order valence-electron chi connectivity index (χ0n) is 10.5. The molecule has 1 aromatic rings. The highest BCUT2D eigenvalue weighted by Crippen LogP contribution is 2.28. The van der Waals surface area contributed by atoms with Crippen LogP contribution in [0, 0.1) is 5.92 Å². The summed E-state index contributed by atoms with van der Waals surface area (Å²) in [5, 5.41) is 3.59. The van der Waals surface area contributed by atoms with Gasteiger partial charge in [-0.15, -0.1) is 0 Å². The van der Waals surface area contributed by atoms with Crippen LogP contribution in [0.1, 0.15) is 37.8 Å². The lowest BCUT2D eigenvalue weighted by Gasteiger charge is -2.13. The Kier molecular flexibility index (Phi) is 4.00. The van der Waals surface area contributed by atoms with E-state index in [4.69, 9.17) is 0 Å². The highest BCUT2D eigenvalue weighted by Gasteiger charge is 2.20. The molecule has 0 radical (unpaired) electrons. The smallest absolute Gasteiger partial charge is 0.00361 e. The van der Waals surface area contributed by atoms with Gasteiger partial charge in [-0.1, -0.05) is 31.2 Å². The van der Waals surface area contributed by atoms with E-state index in [1.54, 1.807) is 11.1 Å². The lowest BCUT2D eigenvalue weighted by molar-refractivity contribution is 0.450. The summed E-state index contributed by atoms with van der Waals surface area (Å²) >= 11 is 0. The Morgan fingerprint density at radius 1 is 1.25 bits per heavy atom. The number of rotatable bonds is 5. The van der Waals surface area contributed by atoms with Crippen molar-refractivity contribution < 1.29 is 0 Å². The van der Waals surface area contributed by atoms with Crippen LogP contribution in [0.2, 0.25) is 0 Å². The Bertz CT molecular complexity index is 307. The van der Waals surface area contributed by atoms with E-state index in [9.17, 15) is 0 Å². The molecule has 0 amide bonds. The third-order valence-corrected chi connectivity index (χ3v) is 3.79. The summed E-state index contributed by atoms with van der Waals surface area (Å²) in [6.45, 7) is 5.68. The summed E-state index contributed by atoms with van der Waals surface area (Å²) in [5.41, 5.74) is 3.16. The third-order valence-electron chi connectivity index (χ3n) is 3.79. The van der Waals surface area contributed by atoms with Gasteiger partial charge in [-0.3, -0.25) is 0 Å². The predicted octanol–water partition coefficient (Wildman–Crippen LogP) is 3.18. The molecule has 0 bridgehead atoms. The monoisotopic (exact) mass is 217 g/mol. The van der Waals surface area contributed by atoms with Gasteiger partial charge in [-0.2, -0.15) is 0 Å². The molecule has 0 aliphatic heterocycles. The normalized spacial score (nSPS) is 17.4. The van der Waals surface area contributed by atoms with E-state index in [1.165, 1.54) is 32.2 Å². The van der Waals surface area contributed by atoms with E-state index in [0.29, 0.717) is 6.04 Å². The van der Waals surface area contributed by atoms with Gasteiger partial charge < -0.3 is 5.32 Å². The van der Waals surface area contributed by atoms with Gasteiger partial charge in [0.2, 0.25) is 0 Å².